The highest BCUT2D eigenvalue weighted by Crippen LogP contribution is 2.36. The molecule has 2 N–H and O–H groups in total. The third-order valence-electron chi connectivity index (χ3n) is 4.02. The van der Waals surface area contributed by atoms with Crippen molar-refractivity contribution >= 4 is 5.91 Å². The molecule has 4 heteroatoms. The molecule has 0 aliphatic carbocycles. The molecular weight excluding hydrogens is 278 g/mol. The summed E-state index contributed by atoms with van der Waals surface area (Å²) in [6, 6.07) is 13.5. The minimum absolute atomic E-state index is 0.395. The number of rotatable bonds is 4. The van der Waals surface area contributed by atoms with Crippen molar-refractivity contribution in [2.75, 3.05) is 13.7 Å². The van der Waals surface area contributed by atoms with Gasteiger partial charge in [-0.15, -0.1) is 0 Å². The lowest BCUT2D eigenvalue weighted by Crippen LogP contribution is -2.23. The summed E-state index contributed by atoms with van der Waals surface area (Å²) in [7, 11) is 1.66. The van der Waals surface area contributed by atoms with Gasteiger partial charge in [-0.25, -0.2) is 0 Å². The summed E-state index contributed by atoms with van der Waals surface area (Å²) in [5.41, 5.74) is 8.17. The molecule has 1 atom stereocenters. The van der Waals surface area contributed by atoms with E-state index in [1.807, 2.05) is 24.3 Å². The van der Waals surface area contributed by atoms with Crippen molar-refractivity contribution in [1.82, 2.24) is 0 Å². The van der Waals surface area contributed by atoms with Gasteiger partial charge in [0.15, 0.2) is 11.5 Å². The fourth-order valence-electron chi connectivity index (χ4n) is 2.89. The quantitative estimate of drug-likeness (QED) is 0.943. The van der Waals surface area contributed by atoms with Gasteiger partial charge >= 0.3 is 0 Å². The second-order valence-corrected chi connectivity index (χ2v) is 5.59. The first-order valence-corrected chi connectivity index (χ1v) is 7.35. The van der Waals surface area contributed by atoms with Crippen LogP contribution in [0.15, 0.2) is 42.5 Å². The first-order valence-electron chi connectivity index (χ1n) is 7.35. The molecule has 0 spiro atoms. The minimum atomic E-state index is -0.395. The zero-order valence-corrected chi connectivity index (χ0v) is 12.5. The molecule has 0 radical (unpaired) electrons. The summed E-state index contributed by atoms with van der Waals surface area (Å²) in [5, 5.41) is 0. The monoisotopic (exact) mass is 297 g/mol. The molecule has 3 rings (SSSR count). The molecule has 2 aromatic carbocycles. The molecule has 0 saturated heterocycles. The number of fused-ring (bicyclic) bond motifs is 1. The van der Waals surface area contributed by atoms with Crippen molar-refractivity contribution in [3.63, 3.8) is 0 Å². The Bertz CT molecular complexity index is 679. The third-order valence-corrected chi connectivity index (χ3v) is 4.02. The van der Waals surface area contributed by atoms with Crippen LogP contribution >= 0.6 is 0 Å². The number of nitrogens with two attached hydrogens (primary N) is 1. The highest BCUT2D eigenvalue weighted by atomic mass is 16.5. The van der Waals surface area contributed by atoms with Gasteiger partial charge in [0.1, 0.15) is 0 Å². The Hall–Kier alpha value is -2.49. The topological polar surface area (TPSA) is 61.6 Å². The van der Waals surface area contributed by atoms with Crippen LogP contribution in [0.2, 0.25) is 0 Å². The van der Waals surface area contributed by atoms with Crippen molar-refractivity contribution < 1.29 is 14.3 Å². The number of primary amides is 1. The number of methoxy groups -OCH3 is 1. The van der Waals surface area contributed by atoms with Gasteiger partial charge in [-0.1, -0.05) is 24.3 Å². The van der Waals surface area contributed by atoms with E-state index in [4.69, 9.17) is 15.2 Å². The third kappa shape index (κ3) is 2.91. The molecule has 114 valence electrons. The Balaban J connectivity index is 1.71. The van der Waals surface area contributed by atoms with Gasteiger partial charge in [0.25, 0.3) is 0 Å². The molecule has 1 amide bonds. The normalized spacial score (nSPS) is 16.5. The highest BCUT2D eigenvalue weighted by Gasteiger charge is 2.22. The van der Waals surface area contributed by atoms with Crippen LogP contribution in [0.1, 0.15) is 21.5 Å². The number of carbonyl (C=O) groups is 1. The van der Waals surface area contributed by atoms with Gasteiger partial charge in [0.2, 0.25) is 5.91 Å². The van der Waals surface area contributed by atoms with E-state index in [1.54, 1.807) is 19.2 Å². The number of amides is 1. The molecule has 0 aromatic heterocycles. The molecular formula is C18H19NO3. The second-order valence-electron chi connectivity index (χ2n) is 5.59. The van der Waals surface area contributed by atoms with Crippen molar-refractivity contribution in [1.29, 1.82) is 0 Å². The van der Waals surface area contributed by atoms with Crippen molar-refractivity contribution in [3.8, 4) is 11.5 Å². The Morgan fingerprint density at radius 3 is 2.73 bits per heavy atom. The fourth-order valence-corrected chi connectivity index (χ4v) is 2.89. The molecule has 0 fully saturated rings. The van der Waals surface area contributed by atoms with Gasteiger partial charge in [-0.05, 0) is 42.2 Å². The summed E-state index contributed by atoms with van der Waals surface area (Å²) in [6.45, 7) is 0.672. The number of carbonyl (C=O) groups excluding carboxylic acids is 1. The predicted molar refractivity (Wildman–Crippen MR) is 84.3 cm³/mol. The van der Waals surface area contributed by atoms with Crippen LogP contribution in [-0.4, -0.2) is 19.6 Å². The van der Waals surface area contributed by atoms with Crippen LogP contribution < -0.4 is 15.2 Å². The van der Waals surface area contributed by atoms with Gasteiger partial charge in [-0.2, -0.15) is 0 Å². The maximum atomic E-state index is 11.1. The Morgan fingerprint density at radius 2 is 2.05 bits per heavy atom. The Kier molecular flexibility index (Phi) is 4.00. The summed E-state index contributed by atoms with van der Waals surface area (Å²) in [5.74, 6) is 1.68. The SMILES string of the molecule is COc1cccc2c1OCC(Cc1ccc(C(N)=O)cc1)C2. The highest BCUT2D eigenvalue weighted by molar-refractivity contribution is 5.92. The predicted octanol–water partition coefficient (Wildman–Crippen LogP) is 2.59. The average Bonchev–Trinajstić information content (AvgIpc) is 2.54. The smallest absolute Gasteiger partial charge is 0.248 e. The van der Waals surface area contributed by atoms with E-state index in [2.05, 4.69) is 6.07 Å². The summed E-state index contributed by atoms with van der Waals surface area (Å²) in [4.78, 5) is 11.1. The van der Waals surface area contributed by atoms with E-state index in [0.29, 0.717) is 18.1 Å². The molecule has 1 unspecified atom stereocenters. The summed E-state index contributed by atoms with van der Waals surface area (Å²) in [6.07, 6.45) is 1.87. The number of benzene rings is 2. The van der Waals surface area contributed by atoms with Gasteiger partial charge in [0.05, 0.1) is 13.7 Å². The van der Waals surface area contributed by atoms with Crippen molar-refractivity contribution in [2.45, 2.75) is 12.8 Å². The van der Waals surface area contributed by atoms with Crippen LogP contribution in [0.4, 0.5) is 0 Å². The van der Waals surface area contributed by atoms with Gasteiger partial charge in [0, 0.05) is 11.5 Å². The summed E-state index contributed by atoms with van der Waals surface area (Å²) >= 11 is 0. The fraction of sp³-hybridized carbons (Fsp3) is 0.278. The van der Waals surface area contributed by atoms with Gasteiger partial charge < -0.3 is 15.2 Å². The molecule has 2 aromatic rings. The van der Waals surface area contributed by atoms with Crippen molar-refractivity contribution in [3.05, 3.63) is 59.2 Å². The number of para-hydroxylation sites is 1. The van der Waals surface area contributed by atoms with E-state index in [-0.39, 0.29) is 0 Å². The van der Waals surface area contributed by atoms with E-state index in [9.17, 15) is 4.79 Å². The van der Waals surface area contributed by atoms with E-state index in [1.165, 1.54) is 11.1 Å². The van der Waals surface area contributed by atoms with Crippen LogP contribution in [0.3, 0.4) is 0 Å². The molecule has 1 heterocycles. The largest absolute Gasteiger partial charge is 0.493 e. The number of ether oxygens (including phenoxy) is 2. The van der Waals surface area contributed by atoms with Crippen LogP contribution in [0.5, 0.6) is 11.5 Å². The van der Waals surface area contributed by atoms with Gasteiger partial charge in [-0.3, -0.25) is 4.79 Å². The maximum absolute atomic E-state index is 11.1. The lowest BCUT2D eigenvalue weighted by molar-refractivity contribution is 0.100. The Morgan fingerprint density at radius 1 is 1.27 bits per heavy atom. The van der Waals surface area contributed by atoms with E-state index >= 15 is 0 Å². The number of hydrogen-bond donors (Lipinski definition) is 1. The van der Waals surface area contributed by atoms with E-state index < -0.39 is 5.91 Å². The molecule has 4 nitrogen and oxygen atoms in total. The standard InChI is InChI=1S/C18H19NO3/c1-21-16-4-2-3-15-10-13(11-22-17(15)16)9-12-5-7-14(8-6-12)18(19)20/h2-8,13H,9-11H2,1H3,(H2,19,20). The van der Waals surface area contributed by atoms with Crippen molar-refractivity contribution in [2.24, 2.45) is 11.7 Å². The summed E-state index contributed by atoms with van der Waals surface area (Å²) < 4.78 is 11.2. The first-order chi connectivity index (χ1) is 10.7. The molecule has 1 aliphatic rings. The average molecular weight is 297 g/mol. The zero-order chi connectivity index (χ0) is 15.5. The molecule has 22 heavy (non-hydrogen) atoms. The lowest BCUT2D eigenvalue weighted by Gasteiger charge is -2.26. The van der Waals surface area contributed by atoms with Crippen LogP contribution in [0.25, 0.3) is 0 Å². The van der Waals surface area contributed by atoms with Crippen LogP contribution in [-0.2, 0) is 12.8 Å². The first kappa shape index (κ1) is 14.4. The number of hydrogen-bond acceptors (Lipinski definition) is 3. The van der Waals surface area contributed by atoms with Crippen LogP contribution in [0, 0.1) is 5.92 Å². The molecule has 0 bridgehead atoms. The lowest BCUT2D eigenvalue weighted by atomic mass is 9.90. The molecule has 0 saturated carbocycles. The van der Waals surface area contributed by atoms with E-state index in [0.717, 1.165) is 24.3 Å². The second kappa shape index (κ2) is 6.10. The maximum Gasteiger partial charge on any atom is 0.248 e. The minimum Gasteiger partial charge on any atom is -0.493 e. The molecule has 1 aliphatic heterocycles. The zero-order valence-electron chi connectivity index (χ0n) is 12.5. The Labute approximate surface area is 129 Å².